The maximum Gasteiger partial charge on any atom is 0.0945 e. The monoisotopic (exact) mass is 313 g/mol. The summed E-state index contributed by atoms with van der Waals surface area (Å²) in [6.07, 6.45) is 6.64. The van der Waals surface area contributed by atoms with E-state index in [2.05, 4.69) is 30.8 Å². The van der Waals surface area contributed by atoms with Gasteiger partial charge in [0.05, 0.1) is 6.33 Å². The molecular formula is C12H13BrClN3. The van der Waals surface area contributed by atoms with Gasteiger partial charge in [-0.15, -0.1) is 0 Å². The van der Waals surface area contributed by atoms with E-state index in [4.69, 9.17) is 11.6 Å². The lowest BCUT2D eigenvalue weighted by atomic mass is 10.3. The van der Waals surface area contributed by atoms with Crippen molar-refractivity contribution in [2.24, 2.45) is 0 Å². The SMILES string of the molecule is Clc1ccc(NCCCn2ccnc2)c(Br)c1. The van der Waals surface area contributed by atoms with Gasteiger partial charge in [-0.2, -0.15) is 0 Å². The molecule has 0 radical (unpaired) electrons. The van der Waals surface area contributed by atoms with Crippen molar-refractivity contribution in [3.8, 4) is 0 Å². The summed E-state index contributed by atoms with van der Waals surface area (Å²) in [5, 5.41) is 4.10. The second-order valence-corrected chi connectivity index (χ2v) is 5.00. The van der Waals surface area contributed by atoms with Crippen LogP contribution >= 0.6 is 27.5 Å². The third-order valence-electron chi connectivity index (χ3n) is 2.40. The minimum atomic E-state index is 0.737. The molecule has 0 unspecified atom stereocenters. The van der Waals surface area contributed by atoms with Crippen LogP contribution in [0.3, 0.4) is 0 Å². The zero-order chi connectivity index (χ0) is 12.1. The third-order valence-corrected chi connectivity index (χ3v) is 3.29. The quantitative estimate of drug-likeness (QED) is 0.851. The van der Waals surface area contributed by atoms with E-state index in [-0.39, 0.29) is 0 Å². The molecule has 1 heterocycles. The second-order valence-electron chi connectivity index (χ2n) is 3.71. The first-order chi connectivity index (χ1) is 8.25. The van der Waals surface area contributed by atoms with Crippen molar-refractivity contribution in [3.63, 3.8) is 0 Å². The molecule has 3 nitrogen and oxygen atoms in total. The normalized spacial score (nSPS) is 10.5. The Labute approximate surface area is 114 Å². The molecule has 0 saturated heterocycles. The van der Waals surface area contributed by atoms with Crippen molar-refractivity contribution < 1.29 is 0 Å². The van der Waals surface area contributed by atoms with Gasteiger partial charge in [0.2, 0.25) is 0 Å². The van der Waals surface area contributed by atoms with Gasteiger partial charge in [-0.3, -0.25) is 0 Å². The lowest BCUT2D eigenvalue weighted by Gasteiger charge is -2.09. The molecular weight excluding hydrogens is 302 g/mol. The van der Waals surface area contributed by atoms with Gasteiger partial charge < -0.3 is 9.88 Å². The van der Waals surface area contributed by atoms with Crippen LogP contribution in [0.5, 0.6) is 0 Å². The molecule has 0 spiro atoms. The molecule has 5 heteroatoms. The van der Waals surface area contributed by atoms with Crippen molar-refractivity contribution in [3.05, 3.63) is 46.4 Å². The molecule has 2 aromatic rings. The van der Waals surface area contributed by atoms with Crippen molar-refractivity contribution in [2.45, 2.75) is 13.0 Å². The van der Waals surface area contributed by atoms with Gasteiger partial charge in [-0.25, -0.2) is 4.98 Å². The summed E-state index contributed by atoms with van der Waals surface area (Å²) in [4.78, 5) is 4.00. The van der Waals surface area contributed by atoms with Crippen LogP contribution in [-0.4, -0.2) is 16.1 Å². The van der Waals surface area contributed by atoms with Crippen molar-refractivity contribution in [1.29, 1.82) is 0 Å². The average Bonchev–Trinajstić information content (AvgIpc) is 2.79. The molecule has 90 valence electrons. The van der Waals surface area contributed by atoms with Crippen LogP contribution in [0.4, 0.5) is 5.69 Å². The Morgan fingerprint density at radius 1 is 1.41 bits per heavy atom. The van der Waals surface area contributed by atoms with Gasteiger partial charge >= 0.3 is 0 Å². The Bertz CT molecular complexity index is 471. The Morgan fingerprint density at radius 3 is 3.00 bits per heavy atom. The number of nitrogens with zero attached hydrogens (tertiary/aromatic N) is 2. The second kappa shape index (κ2) is 6.07. The molecule has 0 saturated carbocycles. The highest BCUT2D eigenvalue weighted by Gasteiger charge is 1.99. The van der Waals surface area contributed by atoms with Gasteiger partial charge in [-0.05, 0) is 40.5 Å². The van der Waals surface area contributed by atoms with Gasteiger partial charge in [0.1, 0.15) is 0 Å². The Kier molecular flexibility index (Phi) is 4.45. The molecule has 1 N–H and O–H groups in total. The average molecular weight is 315 g/mol. The largest absolute Gasteiger partial charge is 0.384 e. The van der Waals surface area contributed by atoms with Gasteiger partial charge in [-0.1, -0.05) is 11.6 Å². The van der Waals surface area contributed by atoms with Crippen molar-refractivity contribution >= 4 is 33.2 Å². The number of aromatic nitrogens is 2. The van der Waals surface area contributed by atoms with Crippen LogP contribution in [0, 0.1) is 0 Å². The summed E-state index contributed by atoms with van der Waals surface area (Å²) in [6.45, 7) is 1.89. The molecule has 17 heavy (non-hydrogen) atoms. The zero-order valence-electron chi connectivity index (χ0n) is 9.24. The standard InChI is InChI=1S/C12H13BrClN3/c13-11-8-10(14)2-3-12(11)16-4-1-6-17-7-5-15-9-17/h2-3,5,7-9,16H,1,4,6H2. The van der Waals surface area contributed by atoms with E-state index in [1.165, 1.54) is 0 Å². The van der Waals surface area contributed by atoms with Crippen LogP contribution in [-0.2, 0) is 6.54 Å². The number of imidazole rings is 1. The molecule has 0 bridgehead atoms. The van der Waals surface area contributed by atoms with E-state index >= 15 is 0 Å². The molecule has 0 fully saturated rings. The maximum atomic E-state index is 5.88. The summed E-state index contributed by atoms with van der Waals surface area (Å²) in [7, 11) is 0. The fourth-order valence-corrected chi connectivity index (χ4v) is 2.36. The molecule has 0 atom stereocenters. The van der Waals surface area contributed by atoms with Crippen LogP contribution in [0.15, 0.2) is 41.4 Å². The Hall–Kier alpha value is -1.00. The summed E-state index contributed by atoms with van der Waals surface area (Å²) in [5.74, 6) is 0. The number of benzene rings is 1. The van der Waals surface area contributed by atoms with Crippen LogP contribution in [0.1, 0.15) is 6.42 Å². The lowest BCUT2D eigenvalue weighted by Crippen LogP contribution is -2.06. The van der Waals surface area contributed by atoms with E-state index in [1.807, 2.05) is 30.7 Å². The third kappa shape index (κ3) is 3.75. The number of hydrogen-bond acceptors (Lipinski definition) is 2. The topological polar surface area (TPSA) is 29.9 Å². The first kappa shape index (κ1) is 12.5. The number of halogens is 2. The molecule has 0 amide bonds. The van der Waals surface area contributed by atoms with E-state index in [0.29, 0.717) is 0 Å². The summed E-state index contributed by atoms with van der Waals surface area (Å²) >= 11 is 9.35. The predicted molar refractivity (Wildman–Crippen MR) is 74.5 cm³/mol. The Balaban J connectivity index is 1.78. The van der Waals surface area contributed by atoms with E-state index in [1.54, 1.807) is 6.20 Å². The summed E-state index contributed by atoms with van der Waals surface area (Å²) in [6, 6.07) is 5.74. The van der Waals surface area contributed by atoms with E-state index in [0.717, 1.165) is 34.7 Å². The molecule has 0 aliphatic heterocycles. The smallest absolute Gasteiger partial charge is 0.0945 e. The first-order valence-corrected chi connectivity index (χ1v) is 6.57. The summed E-state index contributed by atoms with van der Waals surface area (Å²) < 4.78 is 3.06. The number of anilines is 1. The zero-order valence-corrected chi connectivity index (χ0v) is 11.6. The lowest BCUT2D eigenvalue weighted by molar-refractivity contribution is 0.660. The predicted octanol–water partition coefficient (Wildman–Crippen LogP) is 3.80. The number of aryl methyl sites for hydroxylation is 1. The van der Waals surface area contributed by atoms with Gasteiger partial charge in [0, 0.05) is 40.7 Å². The number of rotatable bonds is 5. The van der Waals surface area contributed by atoms with E-state index < -0.39 is 0 Å². The fraction of sp³-hybridized carbons (Fsp3) is 0.250. The highest BCUT2D eigenvalue weighted by atomic mass is 79.9. The molecule has 1 aromatic carbocycles. The van der Waals surface area contributed by atoms with Crippen molar-refractivity contribution in [2.75, 3.05) is 11.9 Å². The van der Waals surface area contributed by atoms with Gasteiger partial charge in [0.25, 0.3) is 0 Å². The Morgan fingerprint density at radius 2 is 2.29 bits per heavy atom. The highest BCUT2D eigenvalue weighted by molar-refractivity contribution is 9.10. The van der Waals surface area contributed by atoms with Crippen LogP contribution in [0.2, 0.25) is 5.02 Å². The minimum Gasteiger partial charge on any atom is -0.384 e. The first-order valence-electron chi connectivity index (χ1n) is 5.40. The molecule has 0 aliphatic carbocycles. The highest BCUT2D eigenvalue weighted by Crippen LogP contribution is 2.25. The summed E-state index contributed by atoms with van der Waals surface area (Å²) in [5.41, 5.74) is 1.07. The fourth-order valence-electron chi connectivity index (χ4n) is 1.54. The maximum absolute atomic E-state index is 5.88. The van der Waals surface area contributed by atoms with Crippen LogP contribution < -0.4 is 5.32 Å². The number of nitrogens with one attached hydrogen (secondary N) is 1. The van der Waals surface area contributed by atoms with Crippen LogP contribution in [0.25, 0.3) is 0 Å². The molecule has 0 aliphatic rings. The van der Waals surface area contributed by atoms with Crippen molar-refractivity contribution in [1.82, 2.24) is 9.55 Å². The molecule has 1 aromatic heterocycles. The number of hydrogen-bond donors (Lipinski definition) is 1. The van der Waals surface area contributed by atoms with E-state index in [9.17, 15) is 0 Å². The van der Waals surface area contributed by atoms with Gasteiger partial charge in [0.15, 0.2) is 0 Å². The molecule has 2 rings (SSSR count). The minimum absolute atomic E-state index is 0.737.